The fraction of sp³-hybridized carbons (Fsp3) is 0.588. The van der Waals surface area contributed by atoms with E-state index in [9.17, 15) is 9.90 Å². The third-order valence-corrected chi connectivity index (χ3v) is 4.65. The average molecular weight is 289 g/mol. The second kappa shape index (κ2) is 6.58. The number of ether oxygens (including phenoxy) is 1. The third-order valence-electron chi connectivity index (χ3n) is 4.65. The van der Waals surface area contributed by atoms with Crippen molar-refractivity contribution in [2.24, 2.45) is 5.92 Å². The molecule has 21 heavy (non-hydrogen) atoms. The van der Waals surface area contributed by atoms with Crippen LogP contribution in [0.2, 0.25) is 0 Å². The number of carbonyl (C=O) groups excluding carboxylic acids is 1. The number of carbonyl (C=O) groups is 1. The van der Waals surface area contributed by atoms with Crippen molar-refractivity contribution < 1.29 is 14.6 Å². The smallest absolute Gasteiger partial charge is 0.253 e. The molecule has 1 unspecified atom stereocenters. The van der Waals surface area contributed by atoms with Gasteiger partial charge in [0, 0.05) is 12.3 Å². The van der Waals surface area contributed by atoms with Crippen molar-refractivity contribution >= 4 is 11.6 Å². The van der Waals surface area contributed by atoms with Gasteiger partial charge < -0.3 is 15.2 Å². The summed E-state index contributed by atoms with van der Waals surface area (Å²) < 4.78 is 6.05. The van der Waals surface area contributed by atoms with E-state index in [4.69, 9.17) is 4.74 Å². The van der Waals surface area contributed by atoms with Gasteiger partial charge in [0.2, 0.25) is 0 Å². The van der Waals surface area contributed by atoms with Crippen LogP contribution >= 0.6 is 0 Å². The highest BCUT2D eigenvalue weighted by atomic mass is 16.5. The van der Waals surface area contributed by atoms with E-state index in [-0.39, 0.29) is 24.7 Å². The summed E-state index contributed by atoms with van der Waals surface area (Å²) in [5.41, 5.74) is 2.10. The summed E-state index contributed by atoms with van der Waals surface area (Å²) in [5.74, 6) is 0.390. The van der Waals surface area contributed by atoms with Crippen LogP contribution in [0.15, 0.2) is 24.3 Å². The summed E-state index contributed by atoms with van der Waals surface area (Å²) in [6.07, 6.45) is 5.29. The molecule has 0 aromatic heterocycles. The molecule has 2 N–H and O–H groups in total. The highest BCUT2D eigenvalue weighted by Crippen LogP contribution is 2.29. The molecule has 0 bridgehead atoms. The average Bonchev–Trinajstić information content (AvgIpc) is 2.67. The first-order valence-corrected chi connectivity index (χ1v) is 7.91. The Bertz CT molecular complexity index is 495. The van der Waals surface area contributed by atoms with E-state index in [2.05, 4.69) is 11.4 Å². The molecule has 4 heteroatoms. The summed E-state index contributed by atoms with van der Waals surface area (Å²) in [4.78, 5) is 12.3. The van der Waals surface area contributed by atoms with Crippen molar-refractivity contribution in [1.82, 2.24) is 0 Å². The van der Waals surface area contributed by atoms with Crippen LogP contribution < -0.4 is 5.32 Å². The van der Waals surface area contributed by atoms with Gasteiger partial charge in [-0.05, 0) is 56.1 Å². The molecule has 1 amide bonds. The molecule has 1 heterocycles. The standard InChI is InChI=1S/C17H23NO3/c19-11-12-5-8-14(9-6-12)21-16-10-7-13-3-1-2-4-15(13)18-17(16)20/h1-4,12,14,16,19H,5-11H2,(H,18,20). The number of hydrogen-bond acceptors (Lipinski definition) is 3. The summed E-state index contributed by atoms with van der Waals surface area (Å²) in [5, 5.41) is 12.2. The molecule has 1 fully saturated rings. The van der Waals surface area contributed by atoms with Crippen molar-refractivity contribution in [1.29, 1.82) is 0 Å². The van der Waals surface area contributed by atoms with E-state index in [1.807, 2.05) is 18.2 Å². The van der Waals surface area contributed by atoms with Crippen LogP contribution in [-0.4, -0.2) is 29.8 Å². The maximum absolute atomic E-state index is 12.3. The Kier molecular flexibility index (Phi) is 4.56. The lowest BCUT2D eigenvalue weighted by atomic mass is 9.88. The van der Waals surface area contributed by atoms with Crippen LogP contribution in [0.25, 0.3) is 0 Å². The molecule has 1 aliphatic carbocycles. The third kappa shape index (κ3) is 3.44. The first-order chi connectivity index (χ1) is 10.3. The van der Waals surface area contributed by atoms with Crippen LogP contribution in [0.4, 0.5) is 5.69 Å². The van der Waals surface area contributed by atoms with Gasteiger partial charge in [0.05, 0.1) is 6.10 Å². The summed E-state index contributed by atoms with van der Waals surface area (Å²) in [7, 11) is 0. The maximum Gasteiger partial charge on any atom is 0.253 e. The van der Waals surface area contributed by atoms with E-state index in [0.29, 0.717) is 5.92 Å². The van der Waals surface area contributed by atoms with Gasteiger partial charge in [-0.15, -0.1) is 0 Å². The molecule has 1 aliphatic heterocycles. The van der Waals surface area contributed by atoms with E-state index in [0.717, 1.165) is 44.2 Å². The molecule has 1 atom stereocenters. The number of anilines is 1. The Morgan fingerprint density at radius 1 is 1.14 bits per heavy atom. The van der Waals surface area contributed by atoms with E-state index >= 15 is 0 Å². The fourth-order valence-electron chi connectivity index (χ4n) is 3.30. The molecule has 0 radical (unpaired) electrons. The monoisotopic (exact) mass is 289 g/mol. The Hall–Kier alpha value is -1.39. The zero-order valence-corrected chi connectivity index (χ0v) is 12.3. The maximum atomic E-state index is 12.3. The second-order valence-corrected chi connectivity index (χ2v) is 6.14. The number of aryl methyl sites for hydroxylation is 1. The highest BCUT2D eigenvalue weighted by Gasteiger charge is 2.29. The molecule has 1 aromatic rings. The number of nitrogens with one attached hydrogen (secondary N) is 1. The molecule has 2 aliphatic rings. The van der Waals surface area contributed by atoms with Crippen LogP contribution in [0, 0.1) is 5.92 Å². The minimum atomic E-state index is -0.354. The molecule has 114 valence electrons. The summed E-state index contributed by atoms with van der Waals surface area (Å²) in [6, 6.07) is 7.95. The van der Waals surface area contributed by atoms with Gasteiger partial charge in [-0.3, -0.25) is 4.79 Å². The minimum Gasteiger partial charge on any atom is -0.396 e. The van der Waals surface area contributed by atoms with Gasteiger partial charge in [0.15, 0.2) is 0 Å². The molecule has 3 rings (SSSR count). The fourth-order valence-corrected chi connectivity index (χ4v) is 3.30. The normalized spacial score (nSPS) is 29.4. The number of aliphatic hydroxyl groups is 1. The van der Waals surface area contributed by atoms with Crippen LogP contribution in [-0.2, 0) is 16.0 Å². The number of aliphatic hydroxyl groups excluding tert-OH is 1. The Morgan fingerprint density at radius 3 is 2.67 bits per heavy atom. The quantitative estimate of drug-likeness (QED) is 0.899. The largest absolute Gasteiger partial charge is 0.396 e. The van der Waals surface area contributed by atoms with Crippen molar-refractivity contribution in [2.75, 3.05) is 11.9 Å². The lowest BCUT2D eigenvalue weighted by Crippen LogP contribution is -2.35. The number of benzene rings is 1. The topological polar surface area (TPSA) is 58.6 Å². The zero-order chi connectivity index (χ0) is 14.7. The van der Waals surface area contributed by atoms with Gasteiger partial charge in [-0.25, -0.2) is 0 Å². The Labute approximate surface area is 125 Å². The van der Waals surface area contributed by atoms with Crippen molar-refractivity contribution in [3.05, 3.63) is 29.8 Å². The predicted molar refractivity (Wildman–Crippen MR) is 81.1 cm³/mol. The Morgan fingerprint density at radius 2 is 1.90 bits per heavy atom. The number of hydrogen-bond donors (Lipinski definition) is 2. The number of para-hydroxylation sites is 1. The molecular weight excluding hydrogens is 266 g/mol. The molecule has 1 saturated carbocycles. The first-order valence-electron chi connectivity index (χ1n) is 7.91. The summed E-state index contributed by atoms with van der Waals surface area (Å²) in [6.45, 7) is 0.270. The molecule has 4 nitrogen and oxygen atoms in total. The Balaban J connectivity index is 1.59. The zero-order valence-electron chi connectivity index (χ0n) is 12.3. The van der Waals surface area contributed by atoms with Crippen LogP contribution in [0.3, 0.4) is 0 Å². The summed E-state index contributed by atoms with van der Waals surface area (Å²) >= 11 is 0. The van der Waals surface area contributed by atoms with E-state index < -0.39 is 0 Å². The number of amides is 1. The van der Waals surface area contributed by atoms with Crippen molar-refractivity contribution in [2.45, 2.75) is 50.7 Å². The van der Waals surface area contributed by atoms with Gasteiger partial charge >= 0.3 is 0 Å². The van der Waals surface area contributed by atoms with Crippen LogP contribution in [0.1, 0.15) is 37.7 Å². The minimum absolute atomic E-state index is 0.0239. The molecular formula is C17H23NO3. The van der Waals surface area contributed by atoms with Crippen molar-refractivity contribution in [3.8, 4) is 0 Å². The van der Waals surface area contributed by atoms with E-state index in [1.165, 1.54) is 5.56 Å². The van der Waals surface area contributed by atoms with Gasteiger partial charge in [-0.2, -0.15) is 0 Å². The van der Waals surface area contributed by atoms with Gasteiger partial charge in [-0.1, -0.05) is 18.2 Å². The molecule has 1 aromatic carbocycles. The lowest BCUT2D eigenvalue weighted by Gasteiger charge is -2.29. The van der Waals surface area contributed by atoms with Crippen molar-refractivity contribution in [3.63, 3.8) is 0 Å². The lowest BCUT2D eigenvalue weighted by molar-refractivity contribution is -0.133. The van der Waals surface area contributed by atoms with E-state index in [1.54, 1.807) is 0 Å². The molecule has 0 saturated heterocycles. The highest BCUT2D eigenvalue weighted by molar-refractivity contribution is 5.95. The first kappa shape index (κ1) is 14.5. The predicted octanol–water partition coefficient (Wildman–Crippen LogP) is 2.51. The van der Waals surface area contributed by atoms with Crippen LogP contribution in [0.5, 0.6) is 0 Å². The second-order valence-electron chi connectivity index (χ2n) is 6.14. The van der Waals surface area contributed by atoms with Gasteiger partial charge in [0.1, 0.15) is 6.10 Å². The number of rotatable bonds is 3. The van der Waals surface area contributed by atoms with Gasteiger partial charge in [0.25, 0.3) is 5.91 Å². The molecule has 0 spiro atoms. The SMILES string of the molecule is O=C1Nc2ccccc2CCC1OC1CCC(CO)CC1. The number of fused-ring (bicyclic) bond motifs is 1.